The van der Waals surface area contributed by atoms with E-state index in [0.29, 0.717) is 23.3 Å². The molecule has 0 aromatic heterocycles. The quantitative estimate of drug-likeness (QED) is 0.549. The van der Waals surface area contributed by atoms with E-state index in [1.54, 1.807) is 0 Å². The molecule has 3 aliphatic rings. The van der Waals surface area contributed by atoms with Crippen LogP contribution in [-0.2, 0) is 5.41 Å². The van der Waals surface area contributed by atoms with Crippen LogP contribution in [0.5, 0.6) is 11.5 Å². The van der Waals surface area contributed by atoms with Crippen molar-refractivity contribution >= 4 is 0 Å². The standard InChI is InChI=1S/C28H36O2/c29-26-14-12-22(18-24(26)20-8-2-3-9-20)28(16-6-1-7-17-28)23-13-15-27(30)25(19-23)21-10-4-5-11-21/h12-15,18-21,29-30H,1-11,16-17H2. The molecule has 3 saturated carbocycles. The van der Waals surface area contributed by atoms with E-state index in [9.17, 15) is 10.2 Å². The van der Waals surface area contributed by atoms with Crippen LogP contribution in [0, 0.1) is 0 Å². The first-order valence-corrected chi connectivity index (χ1v) is 12.3. The summed E-state index contributed by atoms with van der Waals surface area (Å²) in [6.45, 7) is 0. The smallest absolute Gasteiger partial charge is 0.119 e. The lowest BCUT2D eigenvalue weighted by atomic mass is 9.64. The zero-order valence-electron chi connectivity index (χ0n) is 18.2. The minimum atomic E-state index is 0.0142. The molecule has 2 aromatic rings. The van der Waals surface area contributed by atoms with Crippen molar-refractivity contribution in [3.8, 4) is 11.5 Å². The van der Waals surface area contributed by atoms with Crippen LogP contribution < -0.4 is 0 Å². The maximum Gasteiger partial charge on any atom is 0.119 e. The molecular weight excluding hydrogens is 368 g/mol. The predicted molar refractivity (Wildman–Crippen MR) is 122 cm³/mol. The van der Waals surface area contributed by atoms with Gasteiger partial charge >= 0.3 is 0 Å². The average Bonchev–Trinajstić information content (AvgIpc) is 3.49. The Kier molecular flexibility index (Phi) is 5.52. The van der Waals surface area contributed by atoms with Gasteiger partial charge in [-0.05, 0) is 84.7 Å². The summed E-state index contributed by atoms with van der Waals surface area (Å²) in [7, 11) is 0. The fourth-order valence-electron chi connectivity index (χ4n) is 6.73. The second-order valence-electron chi connectivity index (χ2n) is 10.2. The zero-order valence-corrected chi connectivity index (χ0v) is 18.2. The van der Waals surface area contributed by atoms with E-state index in [2.05, 4.69) is 24.3 Å². The summed E-state index contributed by atoms with van der Waals surface area (Å²) >= 11 is 0. The molecule has 0 heterocycles. The monoisotopic (exact) mass is 404 g/mol. The van der Waals surface area contributed by atoms with Gasteiger partial charge in [0.05, 0.1) is 0 Å². The number of phenolic OH excluding ortho intramolecular Hbond substituents is 2. The maximum absolute atomic E-state index is 10.6. The third kappa shape index (κ3) is 3.53. The van der Waals surface area contributed by atoms with Gasteiger partial charge in [-0.1, -0.05) is 69.2 Å². The van der Waals surface area contributed by atoms with Gasteiger partial charge in [-0.3, -0.25) is 0 Å². The maximum atomic E-state index is 10.6. The van der Waals surface area contributed by atoms with Crippen molar-refractivity contribution in [3.05, 3.63) is 58.7 Å². The molecule has 0 radical (unpaired) electrons. The SMILES string of the molecule is Oc1ccc(C2(c3ccc(O)c(C4CCCC4)c3)CCCCC2)cc1C1CCCC1. The molecule has 0 unspecified atom stereocenters. The van der Waals surface area contributed by atoms with E-state index in [0.717, 1.165) is 12.8 Å². The molecule has 3 fully saturated rings. The molecule has 30 heavy (non-hydrogen) atoms. The Balaban J connectivity index is 1.59. The minimum Gasteiger partial charge on any atom is -0.508 e. The Morgan fingerprint density at radius 2 is 1.00 bits per heavy atom. The van der Waals surface area contributed by atoms with Gasteiger partial charge in [0.1, 0.15) is 11.5 Å². The first-order chi connectivity index (χ1) is 14.7. The summed E-state index contributed by atoms with van der Waals surface area (Å²) in [5.74, 6) is 1.99. The van der Waals surface area contributed by atoms with E-state index in [-0.39, 0.29) is 5.41 Å². The number of hydrogen-bond donors (Lipinski definition) is 2. The fourth-order valence-corrected chi connectivity index (χ4v) is 6.73. The first kappa shape index (κ1) is 20.0. The van der Waals surface area contributed by atoms with E-state index >= 15 is 0 Å². The Hall–Kier alpha value is -1.96. The van der Waals surface area contributed by atoms with Gasteiger partial charge in [-0.15, -0.1) is 0 Å². The zero-order chi connectivity index (χ0) is 20.6. The lowest BCUT2D eigenvalue weighted by Crippen LogP contribution is -2.31. The van der Waals surface area contributed by atoms with Crippen molar-refractivity contribution in [3.63, 3.8) is 0 Å². The van der Waals surface area contributed by atoms with Crippen molar-refractivity contribution in [2.45, 2.75) is 101 Å². The molecular formula is C28H36O2. The molecule has 2 aromatic carbocycles. The van der Waals surface area contributed by atoms with Crippen molar-refractivity contribution < 1.29 is 10.2 Å². The Morgan fingerprint density at radius 1 is 0.567 bits per heavy atom. The number of hydrogen-bond acceptors (Lipinski definition) is 2. The highest BCUT2D eigenvalue weighted by Gasteiger charge is 2.37. The lowest BCUT2D eigenvalue weighted by molar-refractivity contribution is 0.344. The Labute approximate surface area is 181 Å². The van der Waals surface area contributed by atoms with E-state index in [1.807, 2.05) is 12.1 Å². The van der Waals surface area contributed by atoms with E-state index in [4.69, 9.17) is 0 Å². The third-order valence-corrected chi connectivity index (χ3v) is 8.46. The molecule has 0 bridgehead atoms. The van der Waals surface area contributed by atoms with E-state index < -0.39 is 0 Å². The van der Waals surface area contributed by atoms with Gasteiger partial charge in [0.25, 0.3) is 0 Å². The minimum absolute atomic E-state index is 0.0142. The number of aromatic hydroxyl groups is 2. The van der Waals surface area contributed by atoms with Crippen LogP contribution in [0.3, 0.4) is 0 Å². The van der Waals surface area contributed by atoms with Crippen molar-refractivity contribution in [1.29, 1.82) is 0 Å². The second-order valence-corrected chi connectivity index (χ2v) is 10.2. The van der Waals surface area contributed by atoms with Crippen LogP contribution in [0.15, 0.2) is 36.4 Å². The van der Waals surface area contributed by atoms with Crippen LogP contribution >= 0.6 is 0 Å². The van der Waals surface area contributed by atoms with Crippen LogP contribution in [0.4, 0.5) is 0 Å². The lowest BCUT2D eigenvalue weighted by Gasteiger charge is -2.39. The molecule has 0 amide bonds. The normalized spacial score (nSPS) is 22.5. The summed E-state index contributed by atoms with van der Waals surface area (Å²) in [6.07, 6.45) is 16.1. The van der Waals surface area contributed by atoms with Gasteiger partial charge in [0.2, 0.25) is 0 Å². The van der Waals surface area contributed by atoms with Gasteiger partial charge in [0.15, 0.2) is 0 Å². The molecule has 0 atom stereocenters. The topological polar surface area (TPSA) is 40.5 Å². The van der Waals surface area contributed by atoms with Gasteiger partial charge < -0.3 is 10.2 Å². The van der Waals surface area contributed by atoms with Crippen molar-refractivity contribution in [1.82, 2.24) is 0 Å². The summed E-state index contributed by atoms with van der Waals surface area (Å²) in [6, 6.07) is 13.0. The van der Waals surface area contributed by atoms with Gasteiger partial charge in [-0.25, -0.2) is 0 Å². The van der Waals surface area contributed by atoms with E-state index in [1.165, 1.54) is 92.9 Å². The molecule has 5 rings (SSSR count). The summed E-state index contributed by atoms with van der Waals surface area (Å²) < 4.78 is 0. The van der Waals surface area contributed by atoms with Crippen molar-refractivity contribution in [2.24, 2.45) is 0 Å². The van der Waals surface area contributed by atoms with Gasteiger partial charge in [0, 0.05) is 5.41 Å². The molecule has 0 saturated heterocycles. The highest BCUT2D eigenvalue weighted by Crippen LogP contribution is 2.49. The molecule has 2 nitrogen and oxygen atoms in total. The van der Waals surface area contributed by atoms with Gasteiger partial charge in [-0.2, -0.15) is 0 Å². The Bertz CT molecular complexity index is 814. The third-order valence-electron chi connectivity index (χ3n) is 8.46. The molecule has 2 N–H and O–H groups in total. The highest BCUT2D eigenvalue weighted by molar-refractivity contribution is 5.50. The Morgan fingerprint density at radius 3 is 1.43 bits per heavy atom. The molecule has 160 valence electrons. The number of rotatable bonds is 4. The van der Waals surface area contributed by atoms with Crippen LogP contribution in [0.25, 0.3) is 0 Å². The summed E-state index contributed by atoms with van der Waals surface area (Å²) in [4.78, 5) is 0. The number of benzene rings is 2. The van der Waals surface area contributed by atoms with Crippen LogP contribution in [0.1, 0.15) is 118 Å². The second kappa shape index (κ2) is 8.29. The van der Waals surface area contributed by atoms with Crippen molar-refractivity contribution in [2.75, 3.05) is 0 Å². The van der Waals surface area contributed by atoms with Crippen LogP contribution in [0.2, 0.25) is 0 Å². The summed E-state index contributed by atoms with van der Waals surface area (Å²) in [5, 5.41) is 21.3. The first-order valence-electron chi connectivity index (χ1n) is 12.3. The largest absolute Gasteiger partial charge is 0.508 e. The number of phenols is 2. The molecule has 0 aliphatic heterocycles. The predicted octanol–water partition coefficient (Wildman–Crippen LogP) is 7.66. The fraction of sp³-hybridized carbons (Fsp3) is 0.571. The molecule has 0 spiro atoms. The average molecular weight is 405 g/mol. The molecule has 3 aliphatic carbocycles. The van der Waals surface area contributed by atoms with Crippen LogP contribution in [-0.4, -0.2) is 10.2 Å². The summed E-state index contributed by atoms with van der Waals surface area (Å²) in [5.41, 5.74) is 5.12. The molecule has 2 heteroatoms. The highest BCUT2D eigenvalue weighted by atomic mass is 16.3.